The van der Waals surface area contributed by atoms with Gasteiger partial charge in [-0.05, 0) is 0 Å². The molecule has 9 nitrogen and oxygen atoms in total. The van der Waals surface area contributed by atoms with Crippen LogP contribution >= 0.6 is 0 Å². The van der Waals surface area contributed by atoms with Gasteiger partial charge in [-0.25, -0.2) is 10.4 Å². The van der Waals surface area contributed by atoms with Crippen molar-refractivity contribution in [2.75, 3.05) is 0 Å². The fraction of sp³-hybridized carbons (Fsp3) is 0.100. The first-order valence-electron chi connectivity index (χ1n) is 8.95. The van der Waals surface area contributed by atoms with E-state index in [0.717, 1.165) is 11.1 Å². The minimum Gasteiger partial charge on any atom is -0.339 e. The molecular formula is C20H17N7O2. The largest absolute Gasteiger partial charge is 0.339 e. The molecule has 0 saturated carbocycles. The highest BCUT2D eigenvalue weighted by Gasteiger charge is 2.13. The summed E-state index contributed by atoms with van der Waals surface area (Å²) in [5.41, 5.74) is 5.12. The molecule has 1 amide bonds. The van der Waals surface area contributed by atoms with Gasteiger partial charge in [0.25, 0.3) is 0 Å². The first kappa shape index (κ1) is 18.2. The zero-order valence-electron chi connectivity index (χ0n) is 15.3. The Morgan fingerprint density at radius 2 is 1.72 bits per heavy atom. The number of nitrogens with zero attached hydrogens (tertiary/aromatic N) is 5. The van der Waals surface area contributed by atoms with Gasteiger partial charge in [0.05, 0.1) is 5.71 Å². The van der Waals surface area contributed by atoms with Crippen LogP contribution in [0.4, 0.5) is 0 Å². The number of nitrogens with one attached hydrogen (secondary N) is 2. The average Bonchev–Trinajstić information content (AvgIpc) is 3.46. The molecule has 0 spiro atoms. The highest BCUT2D eigenvalue weighted by molar-refractivity contribution is 6.13. The molecule has 0 unspecified atom stereocenters. The molecule has 29 heavy (non-hydrogen) atoms. The number of aromatic nitrogens is 5. The van der Waals surface area contributed by atoms with Gasteiger partial charge in [-0.15, -0.1) is 0 Å². The van der Waals surface area contributed by atoms with Gasteiger partial charge in [0.1, 0.15) is 6.33 Å². The van der Waals surface area contributed by atoms with Crippen LogP contribution in [0.5, 0.6) is 0 Å². The highest BCUT2D eigenvalue weighted by atomic mass is 16.5. The average molecular weight is 387 g/mol. The summed E-state index contributed by atoms with van der Waals surface area (Å²) in [6.45, 7) is 0. The molecule has 4 aromatic rings. The molecule has 0 aliphatic rings. The smallest absolute Gasteiger partial charge is 0.240 e. The summed E-state index contributed by atoms with van der Waals surface area (Å²) in [6.07, 6.45) is 1.79. The van der Waals surface area contributed by atoms with Gasteiger partial charge >= 0.3 is 0 Å². The molecule has 0 atom stereocenters. The first-order valence-corrected chi connectivity index (χ1v) is 8.95. The van der Waals surface area contributed by atoms with Crippen LogP contribution in [-0.2, 0) is 11.2 Å². The van der Waals surface area contributed by atoms with Crippen molar-refractivity contribution in [3.8, 4) is 11.6 Å². The summed E-state index contributed by atoms with van der Waals surface area (Å²) in [6, 6.07) is 19.4. The van der Waals surface area contributed by atoms with Gasteiger partial charge in [-0.3, -0.25) is 9.89 Å². The molecule has 9 heteroatoms. The second-order valence-electron chi connectivity index (χ2n) is 6.07. The topological polar surface area (TPSA) is 122 Å². The standard InChI is InChI=1S/C20H17N7O2/c28-16(11-12-17-23-20(27-29-17)19-21-13-22-26-19)24-25-18(14-7-3-1-4-8-14)15-9-5-2-6-10-15/h1-10,13H,11-12H2,(H,24,28)(H,21,22,26). The van der Waals surface area contributed by atoms with Crippen molar-refractivity contribution in [3.63, 3.8) is 0 Å². The number of carbonyl (C=O) groups excluding carboxylic acids is 1. The number of amides is 1. The van der Waals surface area contributed by atoms with Crippen LogP contribution < -0.4 is 5.43 Å². The SMILES string of the molecule is O=C(CCc1nc(-c2ncn[nH]2)no1)NN=C(c1ccccc1)c1ccccc1. The van der Waals surface area contributed by atoms with Crippen molar-refractivity contribution >= 4 is 11.6 Å². The number of H-pyrrole nitrogens is 1. The summed E-state index contributed by atoms with van der Waals surface area (Å²) < 4.78 is 5.14. The number of hydrogen-bond acceptors (Lipinski definition) is 7. The summed E-state index contributed by atoms with van der Waals surface area (Å²) >= 11 is 0. The Balaban J connectivity index is 1.42. The van der Waals surface area contributed by atoms with Gasteiger partial charge < -0.3 is 4.52 Å². The number of hydrazone groups is 1. The van der Waals surface area contributed by atoms with Crippen LogP contribution in [0.15, 0.2) is 76.6 Å². The minimum absolute atomic E-state index is 0.151. The Labute approximate surface area is 165 Å². The molecule has 0 aliphatic heterocycles. The third-order valence-electron chi connectivity index (χ3n) is 4.05. The normalized spacial score (nSPS) is 10.5. The zero-order valence-corrected chi connectivity index (χ0v) is 15.3. The lowest BCUT2D eigenvalue weighted by atomic mass is 10.0. The number of hydrogen-bond donors (Lipinski definition) is 2. The van der Waals surface area contributed by atoms with Gasteiger partial charge in [0, 0.05) is 24.0 Å². The van der Waals surface area contributed by atoms with Gasteiger partial charge in [0.15, 0.2) is 5.82 Å². The molecular weight excluding hydrogens is 370 g/mol. The fourth-order valence-corrected chi connectivity index (χ4v) is 2.65. The van der Waals surface area contributed by atoms with Crippen molar-refractivity contribution in [1.29, 1.82) is 0 Å². The van der Waals surface area contributed by atoms with E-state index in [1.807, 2.05) is 60.7 Å². The molecule has 2 N–H and O–H groups in total. The second-order valence-corrected chi connectivity index (χ2v) is 6.07. The van der Waals surface area contributed by atoms with Crippen molar-refractivity contribution < 1.29 is 9.32 Å². The van der Waals surface area contributed by atoms with Crippen LogP contribution in [0.1, 0.15) is 23.4 Å². The van der Waals surface area contributed by atoms with E-state index in [2.05, 4.69) is 35.8 Å². The van der Waals surface area contributed by atoms with E-state index in [-0.39, 0.29) is 18.7 Å². The Hall–Kier alpha value is -4.14. The van der Waals surface area contributed by atoms with E-state index in [4.69, 9.17) is 4.52 Å². The maximum Gasteiger partial charge on any atom is 0.240 e. The molecule has 2 aromatic heterocycles. The lowest BCUT2D eigenvalue weighted by molar-refractivity contribution is -0.121. The van der Waals surface area contributed by atoms with E-state index in [1.165, 1.54) is 6.33 Å². The second kappa shape index (κ2) is 8.70. The van der Waals surface area contributed by atoms with E-state index >= 15 is 0 Å². The number of carbonyl (C=O) groups is 1. The van der Waals surface area contributed by atoms with Crippen LogP contribution in [0.2, 0.25) is 0 Å². The van der Waals surface area contributed by atoms with Gasteiger partial charge in [0.2, 0.25) is 17.6 Å². The van der Waals surface area contributed by atoms with Gasteiger partial charge in [-0.1, -0.05) is 65.8 Å². The molecule has 0 bridgehead atoms. The van der Waals surface area contributed by atoms with Crippen LogP contribution in [0.25, 0.3) is 11.6 Å². The predicted molar refractivity (Wildman–Crippen MR) is 105 cm³/mol. The lowest BCUT2D eigenvalue weighted by Crippen LogP contribution is -2.21. The maximum atomic E-state index is 12.3. The molecule has 0 radical (unpaired) electrons. The van der Waals surface area contributed by atoms with E-state index in [1.54, 1.807) is 0 Å². The summed E-state index contributed by atoms with van der Waals surface area (Å²) in [5.74, 6) is 0.784. The number of benzene rings is 2. The first-order chi connectivity index (χ1) is 14.3. The Morgan fingerprint density at radius 3 is 2.34 bits per heavy atom. The summed E-state index contributed by atoms with van der Waals surface area (Å²) in [7, 11) is 0. The van der Waals surface area contributed by atoms with Crippen LogP contribution in [0.3, 0.4) is 0 Å². The van der Waals surface area contributed by atoms with Crippen molar-refractivity contribution in [2.24, 2.45) is 5.10 Å². The molecule has 2 heterocycles. The molecule has 0 fully saturated rings. The van der Waals surface area contributed by atoms with Crippen molar-refractivity contribution in [2.45, 2.75) is 12.8 Å². The van der Waals surface area contributed by atoms with E-state index < -0.39 is 0 Å². The number of aromatic amines is 1. The number of aryl methyl sites for hydroxylation is 1. The molecule has 0 saturated heterocycles. The predicted octanol–water partition coefficient (Wildman–Crippen LogP) is 2.36. The highest BCUT2D eigenvalue weighted by Crippen LogP contribution is 2.11. The third-order valence-corrected chi connectivity index (χ3v) is 4.05. The quantitative estimate of drug-likeness (QED) is 0.371. The Kier molecular flexibility index (Phi) is 5.47. The van der Waals surface area contributed by atoms with Crippen LogP contribution in [-0.4, -0.2) is 36.9 Å². The number of rotatable bonds is 7. The Morgan fingerprint density at radius 1 is 1.03 bits per heavy atom. The summed E-state index contributed by atoms with van der Waals surface area (Å²) in [5, 5.41) is 14.5. The van der Waals surface area contributed by atoms with E-state index in [0.29, 0.717) is 23.3 Å². The third kappa shape index (κ3) is 4.59. The summed E-state index contributed by atoms with van der Waals surface area (Å²) in [4.78, 5) is 20.4. The molecule has 0 aliphatic carbocycles. The monoisotopic (exact) mass is 387 g/mol. The zero-order chi connectivity index (χ0) is 19.9. The van der Waals surface area contributed by atoms with Crippen LogP contribution in [0, 0.1) is 0 Å². The van der Waals surface area contributed by atoms with Crippen molar-refractivity contribution in [1.82, 2.24) is 30.7 Å². The van der Waals surface area contributed by atoms with Crippen molar-refractivity contribution in [3.05, 3.63) is 84.0 Å². The molecule has 4 rings (SSSR count). The molecule has 144 valence electrons. The minimum atomic E-state index is -0.256. The maximum absolute atomic E-state index is 12.3. The van der Waals surface area contributed by atoms with Gasteiger partial charge in [-0.2, -0.15) is 15.2 Å². The Bertz CT molecular complexity index is 1050. The fourth-order valence-electron chi connectivity index (χ4n) is 2.65. The lowest BCUT2D eigenvalue weighted by Gasteiger charge is -2.07. The molecule has 2 aromatic carbocycles. The van der Waals surface area contributed by atoms with E-state index in [9.17, 15) is 4.79 Å².